The Bertz CT molecular complexity index is 500. The number of amides is 1. The van der Waals surface area contributed by atoms with Crippen LogP contribution in [0.1, 0.15) is 23.2 Å². The Labute approximate surface area is 123 Å². The highest BCUT2D eigenvalue weighted by Gasteiger charge is 2.16. The van der Waals surface area contributed by atoms with E-state index in [1.165, 1.54) is 0 Å². The van der Waals surface area contributed by atoms with E-state index in [0.717, 1.165) is 25.9 Å². The highest BCUT2D eigenvalue weighted by molar-refractivity contribution is 5.94. The molecule has 3 rings (SSSR count). The van der Waals surface area contributed by atoms with Gasteiger partial charge in [0.2, 0.25) is 6.79 Å². The normalized spacial score (nSPS) is 17.7. The minimum absolute atomic E-state index is 0.123. The van der Waals surface area contributed by atoms with Gasteiger partial charge in [-0.1, -0.05) is 0 Å². The van der Waals surface area contributed by atoms with E-state index in [4.69, 9.17) is 14.2 Å². The van der Waals surface area contributed by atoms with Gasteiger partial charge in [0.1, 0.15) is 0 Å². The summed E-state index contributed by atoms with van der Waals surface area (Å²) < 4.78 is 16.2. The molecular weight excluding hydrogens is 272 g/mol. The van der Waals surface area contributed by atoms with Crippen molar-refractivity contribution < 1.29 is 19.0 Å². The topological polar surface area (TPSA) is 68.8 Å². The molecule has 0 radical (unpaired) electrons. The second kappa shape index (κ2) is 6.78. The second-order valence-electron chi connectivity index (χ2n) is 5.14. The number of nitrogens with one attached hydrogen (secondary N) is 2. The fraction of sp³-hybridized carbons (Fsp3) is 0.533. The third kappa shape index (κ3) is 3.65. The summed E-state index contributed by atoms with van der Waals surface area (Å²) in [7, 11) is 0. The average Bonchev–Trinajstić information content (AvgIpc) is 3.00. The number of piperidine rings is 1. The summed E-state index contributed by atoms with van der Waals surface area (Å²) in [4.78, 5) is 12.0. The maximum absolute atomic E-state index is 12.0. The molecule has 1 aromatic rings. The van der Waals surface area contributed by atoms with Crippen LogP contribution in [0.4, 0.5) is 0 Å². The van der Waals surface area contributed by atoms with Crippen LogP contribution in [0.15, 0.2) is 18.2 Å². The van der Waals surface area contributed by atoms with E-state index in [1.807, 2.05) is 0 Å². The highest BCUT2D eigenvalue weighted by Crippen LogP contribution is 2.32. The molecule has 0 unspecified atom stereocenters. The number of fused-ring (bicyclic) bond motifs is 1. The van der Waals surface area contributed by atoms with Gasteiger partial charge in [-0.25, -0.2) is 0 Å². The fourth-order valence-electron chi connectivity index (χ4n) is 2.49. The highest BCUT2D eigenvalue weighted by atomic mass is 16.7. The number of carbonyl (C=O) groups excluding carboxylic acids is 1. The molecule has 1 saturated heterocycles. The van der Waals surface area contributed by atoms with E-state index in [-0.39, 0.29) is 12.7 Å². The van der Waals surface area contributed by atoms with Crippen molar-refractivity contribution in [1.82, 2.24) is 10.6 Å². The number of ether oxygens (including phenoxy) is 3. The Morgan fingerprint density at radius 2 is 2.10 bits per heavy atom. The predicted octanol–water partition coefficient (Wildman–Crippen LogP) is 0.914. The molecule has 6 heteroatoms. The van der Waals surface area contributed by atoms with Crippen molar-refractivity contribution in [2.75, 3.05) is 33.0 Å². The van der Waals surface area contributed by atoms with Crippen molar-refractivity contribution in [2.45, 2.75) is 18.9 Å². The summed E-state index contributed by atoms with van der Waals surface area (Å²) in [6, 6.07) is 5.19. The lowest BCUT2D eigenvalue weighted by molar-refractivity contribution is 0.0343. The average molecular weight is 292 g/mol. The van der Waals surface area contributed by atoms with E-state index in [2.05, 4.69) is 10.6 Å². The van der Waals surface area contributed by atoms with Crippen LogP contribution in [-0.2, 0) is 4.74 Å². The van der Waals surface area contributed by atoms with Gasteiger partial charge in [-0.15, -0.1) is 0 Å². The predicted molar refractivity (Wildman–Crippen MR) is 76.7 cm³/mol. The van der Waals surface area contributed by atoms with Crippen LogP contribution < -0.4 is 20.1 Å². The molecular formula is C15H20N2O4. The lowest BCUT2D eigenvalue weighted by Crippen LogP contribution is -2.34. The summed E-state index contributed by atoms with van der Waals surface area (Å²) in [6.45, 7) is 3.28. The lowest BCUT2D eigenvalue weighted by Gasteiger charge is -2.22. The van der Waals surface area contributed by atoms with Gasteiger partial charge < -0.3 is 24.8 Å². The fourth-order valence-corrected chi connectivity index (χ4v) is 2.49. The number of hydrogen-bond donors (Lipinski definition) is 2. The van der Waals surface area contributed by atoms with Crippen LogP contribution >= 0.6 is 0 Å². The quantitative estimate of drug-likeness (QED) is 0.790. The van der Waals surface area contributed by atoms with Crippen molar-refractivity contribution in [3.63, 3.8) is 0 Å². The minimum Gasteiger partial charge on any atom is -0.454 e. The van der Waals surface area contributed by atoms with Crippen molar-refractivity contribution in [1.29, 1.82) is 0 Å². The van der Waals surface area contributed by atoms with Crippen LogP contribution in [0, 0.1) is 0 Å². The first kappa shape index (κ1) is 14.2. The van der Waals surface area contributed by atoms with E-state index in [1.54, 1.807) is 18.2 Å². The monoisotopic (exact) mass is 292 g/mol. The standard InChI is InChI=1S/C15H20N2O4/c18-15(11-1-2-13-14(9-11)21-10-20-13)17-7-8-19-12-3-5-16-6-4-12/h1-2,9,12,16H,3-8,10H2,(H,17,18). The summed E-state index contributed by atoms with van der Waals surface area (Å²) >= 11 is 0. The molecule has 0 bridgehead atoms. The Morgan fingerprint density at radius 3 is 2.95 bits per heavy atom. The summed E-state index contributed by atoms with van der Waals surface area (Å²) in [5.41, 5.74) is 0.570. The summed E-state index contributed by atoms with van der Waals surface area (Å²) in [5, 5.41) is 6.15. The molecule has 2 aliphatic heterocycles. The maximum atomic E-state index is 12.0. The smallest absolute Gasteiger partial charge is 0.251 e. The molecule has 0 atom stereocenters. The largest absolute Gasteiger partial charge is 0.454 e. The summed E-state index contributed by atoms with van der Waals surface area (Å²) in [6.07, 6.45) is 2.39. The van der Waals surface area contributed by atoms with Crippen molar-refractivity contribution >= 4 is 5.91 Å². The molecule has 21 heavy (non-hydrogen) atoms. The molecule has 0 saturated carbocycles. The van der Waals surface area contributed by atoms with Crippen molar-refractivity contribution in [3.05, 3.63) is 23.8 Å². The molecule has 6 nitrogen and oxygen atoms in total. The van der Waals surface area contributed by atoms with Gasteiger partial charge in [0.25, 0.3) is 5.91 Å². The molecule has 0 aromatic heterocycles. The van der Waals surface area contributed by atoms with Gasteiger partial charge in [-0.3, -0.25) is 4.79 Å². The van der Waals surface area contributed by atoms with E-state index in [0.29, 0.717) is 36.3 Å². The zero-order valence-electron chi connectivity index (χ0n) is 11.9. The van der Waals surface area contributed by atoms with Gasteiger partial charge in [0, 0.05) is 12.1 Å². The van der Waals surface area contributed by atoms with Crippen LogP contribution in [0.5, 0.6) is 11.5 Å². The third-order valence-corrected chi connectivity index (χ3v) is 3.66. The minimum atomic E-state index is -0.123. The van der Waals surface area contributed by atoms with Crippen LogP contribution in [0.2, 0.25) is 0 Å². The van der Waals surface area contributed by atoms with Crippen LogP contribution in [0.3, 0.4) is 0 Å². The first-order valence-corrected chi connectivity index (χ1v) is 7.33. The zero-order valence-corrected chi connectivity index (χ0v) is 11.9. The molecule has 1 aromatic carbocycles. The van der Waals surface area contributed by atoms with E-state index < -0.39 is 0 Å². The molecule has 2 N–H and O–H groups in total. The van der Waals surface area contributed by atoms with Crippen LogP contribution in [-0.4, -0.2) is 45.0 Å². The Balaban J connectivity index is 1.41. The van der Waals surface area contributed by atoms with Gasteiger partial charge in [0.15, 0.2) is 11.5 Å². The molecule has 2 aliphatic rings. The van der Waals surface area contributed by atoms with Gasteiger partial charge in [-0.2, -0.15) is 0 Å². The second-order valence-corrected chi connectivity index (χ2v) is 5.14. The van der Waals surface area contributed by atoms with Gasteiger partial charge in [-0.05, 0) is 44.1 Å². The first-order chi connectivity index (χ1) is 10.3. The molecule has 0 spiro atoms. The van der Waals surface area contributed by atoms with Crippen LogP contribution in [0.25, 0.3) is 0 Å². The molecule has 1 amide bonds. The third-order valence-electron chi connectivity index (χ3n) is 3.66. The van der Waals surface area contributed by atoms with Gasteiger partial charge >= 0.3 is 0 Å². The SMILES string of the molecule is O=C(NCCOC1CCNCC1)c1ccc2c(c1)OCO2. The number of rotatable bonds is 5. The number of benzene rings is 1. The summed E-state index contributed by atoms with van der Waals surface area (Å²) in [5.74, 6) is 1.18. The zero-order chi connectivity index (χ0) is 14.5. The first-order valence-electron chi connectivity index (χ1n) is 7.33. The van der Waals surface area contributed by atoms with Crippen molar-refractivity contribution in [3.8, 4) is 11.5 Å². The van der Waals surface area contributed by atoms with E-state index >= 15 is 0 Å². The molecule has 1 fully saturated rings. The van der Waals surface area contributed by atoms with E-state index in [9.17, 15) is 4.79 Å². The Kier molecular flexibility index (Phi) is 4.57. The number of hydrogen-bond acceptors (Lipinski definition) is 5. The van der Waals surface area contributed by atoms with Crippen molar-refractivity contribution in [2.24, 2.45) is 0 Å². The Morgan fingerprint density at radius 1 is 1.29 bits per heavy atom. The number of carbonyl (C=O) groups is 1. The van der Waals surface area contributed by atoms with Gasteiger partial charge in [0.05, 0.1) is 12.7 Å². The Hall–Kier alpha value is -1.79. The lowest BCUT2D eigenvalue weighted by atomic mass is 10.1. The molecule has 114 valence electrons. The molecule has 0 aliphatic carbocycles. The maximum Gasteiger partial charge on any atom is 0.251 e. The molecule has 2 heterocycles.